The molecule has 102 valence electrons. The lowest BCUT2D eigenvalue weighted by atomic mass is 10.1. The van der Waals surface area contributed by atoms with E-state index in [0.29, 0.717) is 0 Å². The summed E-state index contributed by atoms with van der Waals surface area (Å²) in [5.74, 6) is 0. The van der Waals surface area contributed by atoms with Gasteiger partial charge in [-0.25, -0.2) is 4.68 Å². The summed E-state index contributed by atoms with van der Waals surface area (Å²) in [7, 11) is 0. The van der Waals surface area contributed by atoms with Gasteiger partial charge >= 0.3 is 0 Å². The van der Waals surface area contributed by atoms with Crippen molar-refractivity contribution in [1.29, 1.82) is 0 Å². The summed E-state index contributed by atoms with van der Waals surface area (Å²) in [6.07, 6.45) is 4.60. The number of nitrogens with zero attached hydrogens (tertiary/aromatic N) is 3. The standard InChI is InChI=1S/C16H18N4/c1-4-12-10(2)19-20(11(12)3)16-6-5-15(17)13-7-8-18-9-14(13)16/h5-9H,4,17H2,1-3H3. The van der Waals surface area contributed by atoms with E-state index < -0.39 is 0 Å². The Morgan fingerprint density at radius 3 is 2.65 bits per heavy atom. The highest BCUT2D eigenvalue weighted by atomic mass is 15.3. The molecule has 0 bridgehead atoms. The summed E-state index contributed by atoms with van der Waals surface area (Å²) in [5.41, 5.74) is 11.4. The zero-order valence-corrected chi connectivity index (χ0v) is 12.0. The number of benzene rings is 1. The molecule has 3 aromatic rings. The highest BCUT2D eigenvalue weighted by molar-refractivity contribution is 5.97. The summed E-state index contributed by atoms with van der Waals surface area (Å²) < 4.78 is 2.00. The summed E-state index contributed by atoms with van der Waals surface area (Å²) >= 11 is 0. The SMILES string of the molecule is CCc1c(C)nn(-c2ccc(N)c3ccncc23)c1C. The van der Waals surface area contributed by atoms with Crippen molar-refractivity contribution in [3.05, 3.63) is 47.5 Å². The maximum atomic E-state index is 6.05. The summed E-state index contributed by atoms with van der Waals surface area (Å²) in [6.45, 7) is 6.32. The zero-order chi connectivity index (χ0) is 14.3. The lowest BCUT2D eigenvalue weighted by molar-refractivity contribution is 0.838. The first-order valence-electron chi connectivity index (χ1n) is 6.81. The van der Waals surface area contributed by atoms with Crippen LogP contribution in [0.1, 0.15) is 23.9 Å². The molecule has 0 saturated carbocycles. The second-order valence-electron chi connectivity index (χ2n) is 5.01. The number of nitrogen functional groups attached to an aromatic ring is 1. The van der Waals surface area contributed by atoms with Gasteiger partial charge in [0, 0.05) is 34.5 Å². The second-order valence-corrected chi connectivity index (χ2v) is 5.01. The van der Waals surface area contributed by atoms with E-state index in [1.54, 1.807) is 6.20 Å². The number of pyridine rings is 1. The number of hydrogen-bond acceptors (Lipinski definition) is 3. The van der Waals surface area contributed by atoms with Crippen molar-refractivity contribution in [2.75, 3.05) is 5.73 Å². The lowest BCUT2D eigenvalue weighted by Crippen LogP contribution is -2.02. The molecule has 1 aromatic carbocycles. The minimum atomic E-state index is 0.767. The van der Waals surface area contributed by atoms with Crippen LogP contribution >= 0.6 is 0 Å². The fourth-order valence-electron chi connectivity index (χ4n) is 2.80. The molecule has 0 amide bonds. The van der Waals surface area contributed by atoms with Gasteiger partial charge in [0.05, 0.1) is 11.4 Å². The molecule has 4 nitrogen and oxygen atoms in total. The summed E-state index contributed by atoms with van der Waals surface area (Å²) in [4.78, 5) is 4.22. The number of aromatic nitrogens is 3. The average molecular weight is 266 g/mol. The smallest absolute Gasteiger partial charge is 0.0744 e. The minimum absolute atomic E-state index is 0.767. The number of nitrogens with two attached hydrogens (primary N) is 1. The Hall–Kier alpha value is -2.36. The van der Waals surface area contributed by atoms with Gasteiger partial charge in [0.25, 0.3) is 0 Å². The molecule has 0 unspecified atom stereocenters. The normalized spacial score (nSPS) is 11.2. The van der Waals surface area contributed by atoms with Crippen molar-refractivity contribution in [3.63, 3.8) is 0 Å². The Labute approximate surface area is 118 Å². The molecule has 0 aliphatic rings. The maximum absolute atomic E-state index is 6.05. The number of fused-ring (bicyclic) bond motifs is 1. The van der Waals surface area contributed by atoms with Crippen LogP contribution in [0.3, 0.4) is 0 Å². The molecule has 4 heteroatoms. The Morgan fingerprint density at radius 2 is 1.95 bits per heavy atom. The van der Waals surface area contributed by atoms with E-state index in [9.17, 15) is 0 Å². The van der Waals surface area contributed by atoms with Gasteiger partial charge in [0.2, 0.25) is 0 Å². The van der Waals surface area contributed by atoms with Crippen molar-refractivity contribution < 1.29 is 0 Å². The number of anilines is 1. The van der Waals surface area contributed by atoms with Crippen LogP contribution in [0.25, 0.3) is 16.5 Å². The first-order valence-corrected chi connectivity index (χ1v) is 6.81. The predicted octanol–water partition coefficient (Wildman–Crippen LogP) is 3.18. The molecule has 0 spiro atoms. The van der Waals surface area contributed by atoms with E-state index in [0.717, 1.165) is 34.3 Å². The van der Waals surface area contributed by atoms with Crippen LogP contribution in [0.4, 0.5) is 5.69 Å². The monoisotopic (exact) mass is 266 g/mol. The Kier molecular flexibility index (Phi) is 2.93. The highest BCUT2D eigenvalue weighted by Crippen LogP contribution is 2.28. The van der Waals surface area contributed by atoms with Gasteiger partial charge in [0.15, 0.2) is 0 Å². The molecule has 2 aromatic heterocycles. The van der Waals surface area contributed by atoms with Crippen molar-refractivity contribution in [1.82, 2.24) is 14.8 Å². The van der Waals surface area contributed by atoms with Gasteiger partial charge in [-0.15, -0.1) is 0 Å². The predicted molar refractivity (Wildman–Crippen MR) is 82.1 cm³/mol. The molecule has 0 aliphatic carbocycles. The molecule has 0 fully saturated rings. The quantitative estimate of drug-likeness (QED) is 0.725. The first-order chi connectivity index (χ1) is 9.63. The Bertz CT molecular complexity index is 787. The topological polar surface area (TPSA) is 56.7 Å². The van der Waals surface area contributed by atoms with E-state index in [4.69, 9.17) is 5.73 Å². The third-order valence-electron chi connectivity index (χ3n) is 3.85. The van der Waals surface area contributed by atoms with Gasteiger partial charge in [-0.1, -0.05) is 6.92 Å². The van der Waals surface area contributed by atoms with Crippen LogP contribution in [0.5, 0.6) is 0 Å². The molecule has 0 aliphatic heterocycles. The first kappa shape index (κ1) is 12.7. The van der Waals surface area contributed by atoms with Crippen molar-refractivity contribution in [2.24, 2.45) is 0 Å². The number of aryl methyl sites for hydroxylation is 1. The van der Waals surface area contributed by atoms with Crippen LogP contribution in [-0.4, -0.2) is 14.8 Å². The minimum Gasteiger partial charge on any atom is -0.398 e. The summed E-state index contributed by atoms with van der Waals surface area (Å²) in [5, 5.41) is 6.72. The van der Waals surface area contributed by atoms with Crippen molar-refractivity contribution in [3.8, 4) is 5.69 Å². The lowest BCUT2D eigenvalue weighted by Gasteiger charge is -2.10. The van der Waals surface area contributed by atoms with Crippen molar-refractivity contribution >= 4 is 16.5 Å². The molecule has 0 radical (unpaired) electrons. The number of rotatable bonds is 2. The molecule has 2 heterocycles. The van der Waals surface area contributed by atoms with E-state index in [-0.39, 0.29) is 0 Å². The van der Waals surface area contributed by atoms with E-state index in [2.05, 4.69) is 30.9 Å². The van der Waals surface area contributed by atoms with E-state index >= 15 is 0 Å². The fraction of sp³-hybridized carbons (Fsp3) is 0.250. The summed E-state index contributed by atoms with van der Waals surface area (Å²) in [6, 6.07) is 5.89. The third kappa shape index (κ3) is 1.76. The highest BCUT2D eigenvalue weighted by Gasteiger charge is 2.13. The van der Waals surface area contributed by atoms with E-state index in [1.807, 2.05) is 29.1 Å². The molecular weight excluding hydrogens is 248 g/mol. The maximum Gasteiger partial charge on any atom is 0.0744 e. The van der Waals surface area contributed by atoms with Gasteiger partial charge < -0.3 is 5.73 Å². The van der Waals surface area contributed by atoms with Gasteiger partial charge in [-0.2, -0.15) is 5.10 Å². The average Bonchev–Trinajstić information content (AvgIpc) is 2.74. The third-order valence-corrected chi connectivity index (χ3v) is 3.85. The van der Waals surface area contributed by atoms with Crippen LogP contribution in [0.15, 0.2) is 30.6 Å². The molecule has 2 N–H and O–H groups in total. The number of hydrogen-bond donors (Lipinski definition) is 1. The van der Waals surface area contributed by atoms with Crippen LogP contribution < -0.4 is 5.73 Å². The fourth-order valence-corrected chi connectivity index (χ4v) is 2.80. The molecule has 0 atom stereocenters. The molecule has 0 saturated heterocycles. The van der Waals surface area contributed by atoms with E-state index in [1.165, 1.54) is 11.3 Å². The van der Waals surface area contributed by atoms with Crippen LogP contribution in [0, 0.1) is 13.8 Å². The van der Waals surface area contributed by atoms with Gasteiger partial charge in [0.1, 0.15) is 0 Å². The van der Waals surface area contributed by atoms with Crippen LogP contribution in [-0.2, 0) is 6.42 Å². The second kappa shape index (κ2) is 4.63. The largest absolute Gasteiger partial charge is 0.398 e. The Balaban J connectivity index is 2.33. The Morgan fingerprint density at radius 1 is 1.15 bits per heavy atom. The van der Waals surface area contributed by atoms with Crippen molar-refractivity contribution in [2.45, 2.75) is 27.2 Å². The molecule has 20 heavy (non-hydrogen) atoms. The van der Waals surface area contributed by atoms with Gasteiger partial charge in [-0.3, -0.25) is 4.98 Å². The van der Waals surface area contributed by atoms with Gasteiger partial charge in [-0.05, 0) is 44.0 Å². The molecular formula is C16H18N4. The zero-order valence-electron chi connectivity index (χ0n) is 12.0. The van der Waals surface area contributed by atoms with Crippen LogP contribution in [0.2, 0.25) is 0 Å². The molecule has 3 rings (SSSR count).